The molecular formula is C24H30ClN3O3S. The highest BCUT2D eigenvalue weighted by Gasteiger charge is 2.34. The van der Waals surface area contributed by atoms with Crippen LogP contribution in [-0.2, 0) is 27.1 Å². The van der Waals surface area contributed by atoms with Gasteiger partial charge in [-0.2, -0.15) is 0 Å². The van der Waals surface area contributed by atoms with Crippen molar-refractivity contribution in [1.82, 2.24) is 14.1 Å². The minimum atomic E-state index is -3.42. The zero-order valence-electron chi connectivity index (χ0n) is 18.2. The lowest BCUT2D eigenvalue weighted by molar-refractivity contribution is -0.138. The third-order valence-corrected chi connectivity index (χ3v) is 8.45. The summed E-state index contributed by atoms with van der Waals surface area (Å²) in [4.78, 5) is 17.4. The molecule has 0 spiro atoms. The Labute approximate surface area is 195 Å². The van der Waals surface area contributed by atoms with Crippen LogP contribution in [-0.4, -0.2) is 67.7 Å². The largest absolute Gasteiger partial charge is 0.340 e. The third kappa shape index (κ3) is 5.90. The lowest BCUT2D eigenvalue weighted by Crippen LogP contribution is -2.51. The van der Waals surface area contributed by atoms with Crippen molar-refractivity contribution in [1.29, 1.82) is 0 Å². The molecule has 0 aromatic heterocycles. The maximum atomic E-state index is 13.0. The Bertz CT molecular complexity index is 1020. The molecule has 2 fully saturated rings. The van der Waals surface area contributed by atoms with Crippen LogP contribution >= 0.6 is 11.6 Å². The van der Waals surface area contributed by atoms with E-state index < -0.39 is 10.0 Å². The standard InChI is InChI=1S/C24H30ClN3O3S/c25-23-8-4-7-21(17-23)19-32(30,31)28-11-9-22(10-12-28)24(29)27-15-13-26(14-16-27)18-20-5-2-1-3-6-20/h1-8,17,22H,9-16,18-19H2. The summed E-state index contributed by atoms with van der Waals surface area (Å²) >= 11 is 5.98. The van der Waals surface area contributed by atoms with Crippen molar-refractivity contribution in [2.24, 2.45) is 5.92 Å². The first-order valence-corrected chi connectivity index (χ1v) is 13.2. The average molecular weight is 476 g/mol. The van der Waals surface area contributed by atoms with Gasteiger partial charge < -0.3 is 4.90 Å². The number of benzene rings is 2. The topological polar surface area (TPSA) is 60.9 Å². The number of hydrogen-bond acceptors (Lipinski definition) is 4. The van der Waals surface area contributed by atoms with Gasteiger partial charge in [0.05, 0.1) is 5.75 Å². The summed E-state index contributed by atoms with van der Waals surface area (Å²) in [5.74, 6) is 0.0276. The van der Waals surface area contributed by atoms with Crippen LogP contribution < -0.4 is 0 Å². The van der Waals surface area contributed by atoms with Crippen LogP contribution in [0.4, 0.5) is 0 Å². The maximum Gasteiger partial charge on any atom is 0.225 e. The summed E-state index contributed by atoms with van der Waals surface area (Å²) in [5, 5.41) is 0.533. The first kappa shape index (κ1) is 23.2. The van der Waals surface area contributed by atoms with E-state index in [1.807, 2.05) is 11.0 Å². The van der Waals surface area contributed by atoms with Gasteiger partial charge in [0.2, 0.25) is 15.9 Å². The van der Waals surface area contributed by atoms with Gasteiger partial charge in [0.15, 0.2) is 0 Å². The van der Waals surface area contributed by atoms with Gasteiger partial charge in [0.25, 0.3) is 0 Å². The van der Waals surface area contributed by atoms with Gasteiger partial charge in [-0.15, -0.1) is 0 Å². The quantitative estimate of drug-likeness (QED) is 0.643. The van der Waals surface area contributed by atoms with E-state index in [2.05, 4.69) is 29.2 Å². The SMILES string of the molecule is O=C(C1CCN(S(=O)(=O)Cc2cccc(Cl)c2)CC1)N1CCN(Cc2ccccc2)CC1. The molecule has 0 atom stereocenters. The average Bonchev–Trinajstić information content (AvgIpc) is 2.80. The van der Waals surface area contributed by atoms with Crippen molar-refractivity contribution in [2.45, 2.75) is 25.1 Å². The number of nitrogens with zero attached hydrogens (tertiary/aromatic N) is 3. The van der Waals surface area contributed by atoms with E-state index in [1.165, 1.54) is 9.87 Å². The Hall–Kier alpha value is -1.93. The number of piperidine rings is 1. The zero-order chi connectivity index (χ0) is 22.6. The van der Waals surface area contributed by atoms with Crippen LogP contribution in [0.1, 0.15) is 24.0 Å². The fraction of sp³-hybridized carbons (Fsp3) is 0.458. The van der Waals surface area contributed by atoms with Crippen molar-refractivity contribution in [3.8, 4) is 0 Å². The van der Waals surface area contributed by atoms with Crippen molar-refractivity contribution in [2.75, 3.05) is 39.3 Å². The minimum absolute atomic E-state index is 0.0600. The van der Waals surface area contributed by atoms with E-state index in [4.69, 9.17) is 11.6 Å². The van der Waals surface area contributed by atoms with Crippen LogP contribution in [0.2, 0.25) is 5.02 Å². The van der Waals surface area contributed by atoms with E-state index in [0.29, 0.717) is 36.5 Å². The fourth-order valence-electron chi connectivity index (χ4n) is 4.54. The van der Waals surface area contributed by atoms with Crippen molar-refractivity contribution >= 4 is 27.5 Å². The van der Waals surface area contributed by atoms with E-state index in [0.717, 1.165) is 32.7 Å². The van der Waals surface area contributed by atoms with Gasteiger partial charge in [-0.05, 0) is 36.1 Å². The smallest absolute Gasteiger partial charge is 0.225 e. The van der Waals surface area contributed by atoms with E-state index >= 15 is 0 Å². The molecule has 2 aliphatic rings. The summed E-state index contributed by atoms with van der Waals surface area (Å²) in [6, 6.07) is 17.3. The molecule has 4 rings (SSSR count). The van der Waals surface area contributed by atoms with E-state index in [-0.39, 0.29) is 17.6 Å². The highest BCUT2D eigenvalue weighted by molar-refractivity contribution is 7.88. The second kappa shape index (κ2) is 10.3. The van der Waals surface area contributed by atoms with Crippen LogP contribution in [0.25, 0.3) is 0 Å². The predicted molar refractivity (Wildman–Crippen MR) is 127 cm³/mol. The lowest BCUT2D eigenvalue weighted by Gasteiger charge is -2.38. The number of sulfonamides is 1. The Morgan fingerprint density at radius 2 is 1.53 bits per heavy atom. The van der Waals surface area contributed by atoms with Gasteiger partial charge in [0.1, 0.15) is 0 Å². The normalized spacial score (nSPS) is 19.2. The molecule has 0 N–H and O–H groups in total. The second-order valence-corrected chi connectivity index (χ2v) is 11.1. The summed E-state index contributed by atoms with van der Waals surface area (Å²) < 4.78 is 27.1. The fourth-order valence-corrected chi connectivity index (χ4v) is 6.30. The number of halogens is 1. The van der Waals surface area contributed by atoms with Gasteiger partial charge >= 0.3 is 0 Å². The number of carbonyl (C=O) groups excluding carboxylic acids is 1. The maximum absolute atomic E-state index is 13.0. The van der Waals surface area contributed by atoms with Crippen LogP contribution in [0.3, 0.4) is 0 Å². The van der Waals surface area contributed by atoms with Crippen molar-refractivity contribution < 1.29 is 13.2 Å². The number of carbonyl (C=O) groups is 1. The molecule has 2 saturated heterocycles. The Morgan fingerprint density at radius 1 is 0.875 bits per heavy atom. The highest BCUT2D eigenvalue weighted by Crippen LogP contribution is 2.24. The van der Waals surface area contributed by atoms with Crippen LogP contribution in [0, 0.1) is 5.92 Å². The molecule has 0 bridgehead atoms. The Morgan fingerprint density at radius 3 is 2.19 bits per heavy atom. The van der Waals surface area contributed by atoms with Crippen molar-refractivity contribution in [3.05, 3.63) is 70.7 Å². The molecule has 2 aliphatic heterocycles. The molecule has 8 heteroatoms. The first-order valence-electron chi connectivity index (χ1n) is 11.2. The Kier molecular flexibility index (Phi) is 7.51. The summed E-state index contributed by atoms with van der Waals surface area (Å²) in [5.41, 5.74) is 1.97. The molecule has 2 heterocycles. The third-order valence-electron chi connectivity index (χ3n) is 6.37. The molecule has 6 nitrogen and oxygen atoms in total. The Balaban J connectivity index is 1.25. The molecule has 172 valence electrons. The summed E-state index contributed by atoms with van der Waals surface area (Å²) in [6.07, 6.45) is 1.16. The van der Waals surface area contributed by atoms with E-state index in [9.17, 15) is 13.2 Å². The molecule has 2 aromatic rings. The summed E-state index contributed by atoms with van der Waals surface area (Å²) in [6.45, 7) is 4.91. The van der Waals surface area contributed by atoms with Gasteiger partial charge in [-0.1, -0.05) is 54.1 Å². The first-order chi connectivity index (χ1) is 15.4. The molecule has 0 saturated carbocycles. The number of rotatable bonds is 6. The summed E-state index contributed by atoms with van der Waals surface area (Å²) in [7, 11) is -3.42. The monoisotopic (exact) mass is 475 g/mol. The number of hydrogen-bond donors (Lipinski definition) is 0. The minimum Gasteiger partial charge on any atom is -0.340 e. The molecule has 0 unspecified atom stereocenters. The van der Waals surface area contributed by atoms with Crippen LogP contribution in [0.5, 0.6) is 0 Å². The lowest BCUT2D eigenvalue weighted by atomic mass is 9.96. The molecule has 0 radical (unpaired) electrons. The van der Waals surface area contributed by atoms with Gasteiger partial charge in [-0.3, -0.25) is 9.69 Å². The van der Waals surface area contributed by atoms with Gasteiger partial charge in [-0.25, -0.2) is 12.7 Å². The highest BCUT2D eigenvalue weighted by atomic mass is 35.5. The van der Waals surface area contributed by atoms with E-state index in [1.54, 1.807) is 24.3 Å². The molecule has 1 amide bonds. The predicted octanol–water partition coefficient (Wildman–Crippen LogP) is 3.23. The molecule has 2 aromatic carbocycles. The van der Waals surface area contributed by atoms with Gasteiger partial charge in [0, 0.05) is 56.8 Å². The number of amides is 1. The van der Waals surface area contributed by atoms with Crippen LogP contribution in [0.15, 0.2) is 54.6 Å². The molecular weight excluding hydrogens is 446 g/mol. The molecule has 0 aliphatic carbocycles. The molecule has 32 heavy (non-hydrogen) atoms. The number of piperazine rings is 1. The second-order valence-electron chi connectivity index (χ2n) is 8.65. The van der Waals surface area contributed by atoms with Crippen molar-refractivity contribution in [3.63, 3.8) is 0 Å². The zero-order valence-corrected chi connectivity index (χ0v) is 19.8.